The van der Waals surface area contributed by atoms with Gasteiger partial charge >= 0.3 is 0 Å². The number of piperidine rings is 1. The number of H-pyrrole nitrogens is 1. The van der Waals surface area contributed by atoms with Crippen LogP contribution in [0.25, 0.3) is 10.9 Å². The molecule has 29 heavy (non-hydrogen) atoms. The van der Waals surface area contributed by atoms with Crippen LogP contribution in [0.5, 0.6) is 5.75 Å². The van der Waals surface area contributed by atoms with Gasteiger partial charge in [0.15, 0.2) is 0 Å². The van der Waals surface area contributed by atoms with Crippen LogP contribution in [0, 0.1) is 16.0 Å². The molecule has 6 heteroatoms. The van der Waals surface area contributed by atoms with Gasteiger partial charge in [-0.25, -0.2) is 0 Å². The van der Waals surface area contributed by atoms with Gasteiger partial charge in [0.05, 0.1) is 22.9 Å². The highest BCUT2D eigenvalue weighted by Gasteiger charge is 2.48. The standard InChI is InChI=1S/C23H25N3O3/c1-25-10-9-23(15-5-3-6-17(11-15)29-2)13-20-18(12-16(23)14-25)22-19(24-20)7-4-8-21(22)26(27)28/h3-8,11,16,24H,9-10,12-14H2,1-2H3/t16?,23-/m1/s1. The number of methoxy groups -OCH3 is 1. The molecule has 2 aromatic carbocycles. The third-order valence-electron chi connectivity index (χ3n) is 7.03. The van der Waals surface area contributed by atoms with Crippen LogP contribution in [-0.4, -0.2) is 42.1 Å². The van der Waals surface area contributed by atoms with E-state index >= 15 is 0 Å². The van der Waals surface area contributed by atoms with Gasteiger partial charge in [0.1, 0.15) is 5.75 Å². The molecule has 2 aliphatic rings. The topological polar surface area (TPSA) is 71.4 Å². The minimum absolute atomic E-state index is 0.0176. The third kappa shape index (κ3) is 2.74. The molecule has 0 amide bonds. The molecule has 1 unspecified atom stereocenters. The Morgan fingerprint density at radius 2 is 2.10 bits per heavy atom. The van der Waals surface area contributed by atoms with Gasteiger partial charge in [0, 0.05) is 23.7 Å². The van der Waals surface area contributed by atoms with E-state index in [1.807, 2.05) is 12.1 Å². The van der Waals surface area contributed by atoms with Gasteiger partial charge in [-0.2, -0.15) is 0 Å². The summed E-state index contributed by atoms with van der Waals surface area (Å²) >= 11 is 0. The van der Waals surface area contributed by atoms with E-state index in [0.717, 1.165) is 60.3 Å². The highest BCUT2D eigenvalue weighted by molar-refractivity contribution is 5.93. The molecule has 1 N–H and O–H groups in total. The van der Waals surface area contributed by atoms with Crippen molar-refractivity contribution >= 4 is 16.6 Å². The van der Waals surface area contributed by atoms with E-state index in [9.17, 15) is 10.1 Å². The van der Waals surface area contributed by atoms with E-state index in [1.165, 1.54) is 5.56 Å². The average Bonchev–Trinajstić information content (AvgIpc) is 3.09. The predicted octanol–water partition coefficient (Wildman–Crippen LogP) is 4.07. The summed E-state index contributed by atoms with van der Waals surface area (Å²) in [6.45, 7) is 2.04. The normalized spacial score (nSPS) is 24.1. The van der Waals surface area contributed by atoms with Crippen LogP contribution in [0.4, 0.5) is 5.69 Å². The molecule has 1 saturated heterocycles. The lowest BCUT2D eigenvalue weighted by atomic mass is 9.59. The molecule has 0 bridgehead atoms. The summed E-state index contributed by atoms with van der Waals surface area (Å²) in [6, 6.07) is 13.8. The van der Waals surface area contributed by atoms with Crippen LogP contribution in [0.3, 0.4) is 0 Å². The summed E-state index contributed by atoms with van der Waals surface area (Å²) in [5, 5.41) is 12.4. The van der Waals surface area contributed by atoms with Gasteiger partial charge in [-0.1, -0.05) is 18.2 Å². The van der Waals surface area contributed by atoms with Crippen LogP contribution < -0.4 is 4.74 Å². The number of non-ortho nitro benzene ring substituents is 1. The molecule has 1 aliphatic heterocycles. The van der Waals surface area contributed by atoms with Crippen LogP contribution in [0.2, 0.25) is 0 Å². The fourth-order valence-electron chi connectivity index (χ4n) is 5.58. The van der Waals surface area contributed by atoms with E-state index in [1.54, 1.807) is 19.2 Å². The second kappa shape index (κ2) is 6.59. The van der Waals surface area contributed by atoms with Crippen molar-refractivity contribution < 1.29 is 9.66 Å². The van der Waals surface area contributed by atoms with Gasteiger partial charge in [-0.15, -0.1) is 0 Å². The lowest BCUT2D eigenvalue weighted by molar-refractivity contribution is -0.383. The van der Waals surface area contributed by atoms with Crippen molar-refractivity contribution in [2.75, 3.05) is 27.2 Å². The molecule has 0 radical (unpaired) electrons. The van der Waals surface area contributed by atoms with Gasteiger partial charge in [-0.3, -0.25) is 10.1 Å². The molecule has 0 spiro atoms. The molecule has 1 fully saturated rings. The first-order valence-corrected chi connectivity index (χ1v) is 10.1. The zero-order valence-corrected chi connectivity index (χ0v) is 16.8. The Labute approximate surface area is 169 Å². The van der Waals surface area contributed by atoms with Crippen molar-refractivity contribution in [1.82, 2.24) is 9.88 Å². The first-order chi connectivity index (χ1) is 14.0. The smallest absolute Gasteiger partial charge is 0.279 e. The van der Waals surface area contributed by atoms with Crippen molar-refractivity contribution in [2.24, 2.45) is 5.92 Å². The van der Waals surface area contributed by atoms with Crippen molar-refractivity contribution in [2.45, 2.75) is 24.7 Å². The number of aromatic nitrogens is 1. The average molecular weight is 391 g/mol. The number of ether oxygens (including phenoxy) is 1. The molecule has 1 aliphatic carbocycles. The van der Waals surface area contributed by atoms with Gasteiger partial charge in [0.25, 0.3) is 5.69 Å². The van der Waals surface area contributed by atoms with Crippen molar-refractivity contribution in [3.05, 3.63) is 69.4 Å². The fraction of sp³-hybridized carbons (Fsp3) is 0.391. The molecular formula is C23H25N3O3. The maximum absolute atomic E-state index is 11.7. The quantitative estimate of drug-likeness (QED) is 0.540. The highest BCUT2D eigenvalue weighted by atomic mass is 16.6. The van der Waals surface area contributed by atoms with Crippen LogP contribution >= 0.6 is 0 Å². The van der Waals surface area contributed by atoms with E-state index in [0.29, 0.717) is 5.92 Å². The van der Waals surface area contributed by atoms with Crippen LogP contribution in [0.15, 0.2) is 42.5 Å². The largest absolute Gasteiger partial charge is 0.497 e. The lowest BCUT2D eigenvalue weighted by Crippen LogP contribution is -2.52. The zero-order valence-electron chi connectivity index (χ0n) is 16.8. The molecule has 6 nitrogen and oxygen atoms in total. The SMILES string of the molecule is COc1cccc([C@]23CCN(C)CC2Cc2c([nH]c4cccc([N+](=O)[O-])c24)C3)c1. The Hall–Kier alpha value is -2.86. The molecule has 5 rings (SSSR count). The van der Waals surface area contributed by atoms with Crippen LogP contribution in [0.1, 0.15) is 23.2 Å². The number of nitro groups is 1. The summed E-state index contributed by atoms with van der Waals surface area (Å²) < 4.78 is 5.51. The molecule has 1 aromatic heterocycles. The molecule has 0 saturated carbocycles. The lowest BCUT2D eigenvalue weighted by Gasteiger charge is -2.50. The first-order valence-electron chi connectivity index (χ1n) is 10.1. The Morgan fingerprint density at radius 3 is 2.90 bits per heavy atom. The molecule has 3 aromatic rings. The number of fused-ring (bicyclic) bond motifs is 4. The summed E-state index contributed by atoms with van der Waals surface area (Å²) in [5.41, 5.74) is 4.69. The monoisotopic (exact) mass is 391 g/mol. The summed E-state index contributed by atoms with van der Waals surface area (Å²) in [4.78, 5) is 17.3. The Balaban J connectivity index is 1.69. The molecule has 2 heterocycles. The number of likely N-dealkylation sites (tertiary alicyclic amines) is 1. The molecule has 150 valence electrons. The number of hydrogen-bond donors (Lipinski definition) is 1. The van der Waals surface area contributed by atoms with Crippen LogP contribution in [-0.2, 0) is 18.3 Å². The van der Waals surface area contributed by atoms with E-state index in [2.05, 4.69) is 35.1 Å². The third-order valence-corrected chi connectivity index (χ3v) is 7.03. The summed E-state index contributed by atoms with van der Waals surface area (Å²) in [7, 11) is 3.88. The number of benzene rings is 2. The maximum atomic E-state index is 11.7. The zero-order chi connectivity index (χ0) is 20.2. The predicted molar refractivity (Wildman–Crippen MR) is 113 cm³/mol. The van der Waals surface area contributed by atoms with Gasteiger partial charge in [0.2, 0.25) is 0 Å². The Bertz CT molecular complexity index is 1110. The molecule has 2 atom stereocenters. The van der Waals surface area contributed by atoms with Crippen molar-refractivity contribution in [3.8, 4) is 5.75 Å². The van der Waals surface area contributed by atoms with E-state index in [4.69, 9.17) is 4.74 Å². The van der Waals surface area contributed by atoms with E-state index in [-0.39, 0.29) is 16.0 Å². The number of hydrogen-bond acceptors (Lipinski definition) is 4. The summed E-state index contributed by atoms with van der Waals surface area (Å²) in [6.07, 6.45) is 2.79. The number of nitrogens with one attached hydrogen (secondary N) is 1. The highest BCUT2D eigenvalue weighted by Crippen LogP contribution is 2.50. The Morgan fingerprint density at radius 1 is 1.28 bits per heavy atom. The number of nitro benzene ring substituents is 1. The van der Waals surface area contributed by atoms with Gasteiger partial charge < -0.3 is 14.6 Å². The second-order valence-corrected chi connectivity index (χ2v) is 8.52. The van der Waals surface area contributed by atoms with Crippen molar-refractivity contribution in [3.63, 3.8) is 0 Å². The number of rotatable bonds is 3. The Kier molecular flexibility index (Phi) is 4.13. The summed E-state index contributed by atoms with van der Waals surface area (Å²) in [5.74, 6) is 1.28. The minimum Gasteiger partial charge on any atom is -0.497 e. The maximum Gasteiger partial charge on any atom is 0.279 e. The van der Waals surface area contributed by atoms with Crippen molar-refractivity contribution in [1.29, 1.82) is 0 Å². The first kappa shape index (κ1) is 18.2. The number of nitrogens with zero attached hydrogens (tertiary/aromatic N) is 2. The molecular weight excluding hydrogens is 366 g/mol. The second-order valence-electron chi connectivity index (χ2n) is 8.52. The number of aromatic amines is 1. The van der Waals surface area contributed by atoms with Gasteiger partial charge in [-0.05, 0) is 68.1 Å². The fourth-order valence-corrected chi connectivity index (χ4v) is 5.58. The minimum atomic E-state index is -0.257. The van der Waals surface area contributed by atoms with E-state index < -0.39 is 0 Å².